The van der Waals surface area contributed by atoms with Gasteiger partial charge in [0.05, 0.1) is 28.1 Å². The van der Waals surface area contributed by atoms with Crippen LogP contribution in [0.3, 0.4) is 0 Å². The van der Waals surface area contributed by atoms with Crippen LogP contribution < -0.4 is 0 Å². The Bertz CT molecular complexity index is 1440. The summed E-state index contributed by atoms with van der Waals surface area (Å²) in [5.41, 5.74) is 8.02. The second kappa shape index (κ2) is 7.71. The second-order valence-corrected chi connectivity index (χ2v) is 7.79. The molecule has 0 atom stereocenters. The van der Waals surface area contributed by atoms with Gasteiger partial charge in [-0.1, -0.05) is 72.8 Å². The minimum Gasteiger partial charge on any atom is -0.255 e. The average molecular weight is 409 g/mol. The summed E-state index contributed by atoms with van der Waals surface area (Å²) < 4.78 is 0. The van der Waals surface area contributed by atoms with Crippen molar-refractivity contribution in [3.05, 3.63) is 115 Å². The Morgan fingerprint density at radius 1 is 0.406 bits per heavy atom. The molecule has 0 aliphatic rings. The minimum atomic E-state index is 0.870. The lowest BCUT2D eigenvalue weighted by Crippen LogP contribution is -1.90. The molecule has 0 saturated heterocycles. The van der Waals surface area contributed by atoms with Crippen LogP contribution in [0.2, 0.25) is 0 Å². The lowest BCUT2D eigenvalue weighted by Gasteiger charge is -2.08. The Labute approximate surface area is 186 Å². The Balaban J connectivity index is 1.43. The van der Waals surface area contributed by atoms with E-state index in [0.717, 1.165) is 44.5 Å². The zero-order valence-electron chi connectivity index (χ0n) is 17.3. The molecule has 0 N–H and O–H groups in total. The third-order valence-electron chi connectivity index (χ3n) is 5.71. The molecule has 6 aromatic rings. The summed E-state index contributed by atoms with van der Waals surface area (Å²) in [6.45, 7) is 0. The topological polar surface area (TPSA) is 38.7 Å². The fourth-order valence-electron chi connectivity index (χ4n) is 4.02. The number of nitrogens with zero attached hydrogens (tertiary/aromatic N) is 3. The normalized spacial score (nSPS) is 11.1. The largest absolute Gasteiger partial charge is 0.255 e. The van der Waals surface area contributed by atoms with Crippen LogP contribution in [0.1, 0.15) is 0 Å². The molecule has 0 radical (unpaired) electrons. The van der Waals surface area contributed by atoms with Gasteiger partial charge in [0.2, 0.25) is 0 Å². The van der Waals surface area contributed by atoms with Gasteiger partial charge in [-0.3, -0.25) is 4.98 Å². The van der Waals surface area contributed by atoms with E-state index < -0.39 is 0 Å². The number of aromatic nitrogens is 3. The van der Waals surface area contributed by atoms with Crippen LogP contribution in [-0.4, -0.2) is 15.0 Å². The molecule has 0 fully saturated rings. The molecular weight excluding hydrogens is 390 g/mol. The Morgan fingerprint density at radius 2 is 1.03 bits per heavy atom. The van der Waals surface area contributed by atoms with Crippen molar-refractivity contribution in [2.75, 3.05) is 0 Å². The van der Waals surface area contributed by atoms with Crippen LogP contribution in [0.15, 0.2) is 115 Å². The van der Waals surface area contributed by atoms with E-state index in [9.17, 15) is 0 Å². The molecule has 0 unspecified atom stereocenters. The quantitative estimate of drug-likeness (QED) is 0.311. The first-order valence-electron chi connectivity index (χ1n) is 10.6. The predicted octanol–water partition coefficient (Wildman–Crippen LogP) is 7.18. The highest BCUT2D eigenvalue weighted by atomic mass is 14.8. The Hall–Kier alpha value is -4.37. The van der Waals surface area contributed by atoms with E-state index in [-0.39, 0.29) is 0 Å². The van der Waals surface area contributed by atoms with Crippen molar-refractivity contribution >= 4 is 21.8 Å². The van der Waals surface area contributed by atoms with Crippen molar-refractivity contribution in [2.24, 2.45) is 0 Å². The van der Waals surface area contributed by atoms with Gasteiger partial charge < -0.3 is 0 Å². The fourth-order valence-corrected chi connectivity index (χ4v) is 4.02. The molecule has 3 aromatic carbocycles. The first kappa shape index (κ1) is 18.4. The number of pyridine rings is 3. The molecular formula is C29H19N3. The van der Waals surface area contributed by atoms with Crippen LogP contribution in [-0.2, 0) is 0 Å². The molecule has 0 amide bonds. The number of hydrogen-bond acceptors (Lipinski definition) is 3. The first-order chi connectivity index (χ1) is 15.8. The zero-order chi connectivity index (χ0) is 21.3. The highest BCUT2D eigenvalue weighted by molar-refractivity contribution is 5.89. The number of rotatable bonds is 3. The molecule has 3 nitrogen and oxygen atoms in total. The maximum Gasteiger partial charge on any atom is 0.0893 e. The SMILES string of the molecule is c1ccc(-c2ccc3ccc(-c4ccc5ccc(-c6ccccn6)nc5c4)nc3c2)cc1. The lowest BCUT2D eigenvalue weighted by atomic mass is 10.0. The summed E-state index contributed by atoms with van der Waals surface area (Å²) in [6.07, 6.45) is 1.79. The van der Waals surface area contributed by atoms with E-state index >= 15 is 0 Å². The van der Waals surface area contributed by atoms with Crippen molar-refractivity contribution < 1.29 is 0 Å². The molecule has 3 heterocycles. The van der Waals surface area contributed by atoms with Crippen LogP contribution in [0.4, 0.5) is 0 Å². The standard InChI is InChI=1S/C29H19N3/c1-2-6-20(7-3-1)23-11-9-21-13-15-25(31-28(21)18-23)24-12-10-22-14-16-27(32-29(22)19-24)26-8-4-5-17-30-26/h1-19H. The molecule has 150 valence electrons. The summed E-state index contributed by atoms with van der Waals surface area (Å²) in [4.78, 5) is 14.3. The maximum atomic E-state index is 4.98. The van der Waals surface area contributed by atoms with E-state index in [1.165, 1.54) is 11.1 Å². The molecule has 32 heavy (non-hydrogen) atoms. The van der Waals surface area contributed by atoms with Crippen LogP contribution in [0.25, 0.3) is 55.6 Å². The summed E-state index contributed by atoms with van der Waals surface area (Å²) >= 11 is 0. The fraction of sp³-hybridized carbons (Fsp3) is 0. The van der Waals surface area contributed by atoms with Gasteiger partial charge in [0.15, 0.2) is 0 Å². The van der Waals surface area contributed by atoms with E-state index in [2.05, 4.69) is 83.8 Å². The third-order valence-corrected chi connectivity index (χ3v) is 5.71. The summed E-state index contributed by atoms with van der Waals surface area (Å²) in [5.74, 6) is 0. The van der Waals surface area contributed by atoms with E-state index in [1.807, 2.05) is 30.3 Å². The molecule has 0 bridgehead atoms. The number of hydrogen-bond donors (Lipinski definition) is 0. The summed E-state index contributed by atoms with van der Waals surface area (Å²) in [5, 5.41) is 2.23. The molecule has 0 saturated carbocycles. The Kier molecular flexibility index (Phi) is 4.43. The van der Waals surface area contributed by atoms with Gasteiger partial charge in [0, 0.05) is 22.5 Å². The van der Waals surface area contributed by atoms with Crippen molar-refractivity contribution in [3.8, 4) is 33.8 Å². The molecule has 3 heteroatoms. The van der Waals surface area contributed by atoms with Gasteiger partial charge >= 0.3 is 0 Å². The van der Waals surface area contributed by atoms with Crippen LogP contribution in [0.5, 0.6) is 0 Å². The van der Waals surface area contributed by atoms with Crippen molar-refractivity contribution in [2.45, 2.75) is 0 Å². The minimum absolute atomic E-state index is 0.870. The number of fused-ring (bicyclic) bond motifs is 2. The molecule has 0 aliphatic heterocycles. The average Bonchev–Trinajstić information content (AvgIpc) is 2.88. The summed E-state index contributed by atoms with van der Waals surface area (Å²) in [6, 6.07) is 37.4. The molecule has 0 spiro atoms. The molecule has 6 rings (SSSR count). The van der Waals surface area contributed by atoms with Gasteiger partial charge in [0.1, 0.15) is 0 Å². The highest BCUT2D eigenvalue weighted by Gasteiger charge is 2.07. The first-order valence-corrected chi connectivity index (χ1v) is 10.6. The zero-order valence-corrected chi connectivity index (χ0v) is 17.3. The highest BCUT2D eigenvalue weighted by Crippen LogP contribution is 2.28. The maximum absolute atomic E-state index is 4.98. The van der Waals surface area contributed by atoms with Gasteiger partial charge in [0.25, 0.3) is 0 Å². The van der Waals surface area contributed by atoms with Crippen molar-refractivity contribution in [1.29, 1.82) is 0 Å². The molecule has 0 aliphatic carbocycles. The van der Waals surface area contributed by atoms with E-state index in [4.69, 9.17) is 9.97 Å². The van der Waals surface area contributed by atoms with Gasteiger partial charge in [-0.25, -0.2) is 9.97 Å². The summed E-state index contributed by atoms with van der Waals surface area (Å²) in [7, 11) is 0. The van der Waals surface area contributed by atoms with Crippen LogP contribution in [0, 0.1) is 0 Å². The smallest absolute Gasteiger partial charge is 0.0893 e. The van der Waals surface area contributed by atoms with E-state index in [1.54, 1.807) is 6.20 Å². The third kappa shape index (κ3) is 3.40. The van der Waals surface area contributed by atoms with Crippen molar-refractivity contribution in [3.63, 3.8) is 0 Å². The lowest BCUT2D eigenvalue weighted by molar-refractivity contribution is 1.28. The van der Waals surface area contributed by atoms with Crippen LogP contribution >= 0.6 is 0 Å². The second-order valence-electron chi connectivity index (χ2n) is 7.79. The van der Waals surface area contributed by atoms with E-state index in [0.29, 0.717) is 0 Å². The van der Waals surface area contributed by atoms with Gasteiger partial charge in [-0.2, -0.15) is 0 Å². The predicted molar refractivity (Wildman–Crippen MR) is 131 cm³/mol. The molecule has 3 aromatic heterocycles. The number of benzene rings is 3. The van der Waals surface area contributed by atoms with Gasteiger partial charge in [-0.05, 0) is 47.5 Å². The van der Waals surface area contributed by atoms with Crippen molar-refractivity contribution in [1.82, 2.24) is 15.0 Å². The van der Waals surface area contributed by atoms with Gasteiger partial charge in [-0.15, -0.1) is 0 Å². The monoisotopic (exact) mass is 409 g/mol. The Morgan fingerprint density at radius 3 is 1.78 bits per heavy atom.